The first-order valence-electron chi connectivity index (χ1n) is 5.07. The molecule has 0 aliphatic heterocycles. The van der Waals surface area contributed by atoms with Crippen LogP contribution in [0.5, 0.6) is 5.88 Å². The molecule has 1 rings (SSSR count). The summed E-state index contributed by atoms with van der Waals surface area (Å²) in [5.74, 6) is 0.00630. The van der Waals surface area contributed by atoms with Gasteiger partial charge in [-0.05, 0) is 13.3 Å². The summed E-state index contributed by atoms with van der Waals surface area (Å²) < 4.78 is 4.85. The van der Waals surface area contributed by atoms with Gasteiger partial charge in [0.15, 0.2) is 0 Å². The molecule has 0 spiro atoms. The molecule has 0 radical (unpaired) electrons. The standard InChI is InChI=1S/C11H14N2O4/c1-8-9(5-3-4-6-14)7-12-11(17-2)10(8)13(15)16/h3,5,7,14H,4,6H2,1-2H3. The molecule has 1 N–H and O–H groups in total. The molecule has 0 unspecified atom stereocenters. The van der Waals surface area contributed by atoms with Crippen LogP contribution in [0.3, 0.4) is 0 Å². The number of aliphatic hydroxyl groups is 1. The second-order valence-electron chi connectivity index (χ2n) is 3.37. The fourth-order valence-electron chi connectivity index (χ4n) is 1.40. The molecule has 1 heterocycles. The molecule has 0 aliphatic carbocycles. The molecule has 0 atom stereocenters. The van der Waals surface area contributed by atoms with Crippen molar-refractivity contribution in [3.8, 4) is 5.88 Å². The minimum absolute atomic E-state index is 0.00630. The zero-order valence-electron chi connectivity index (χ0n) is 9.71. The number of aliphatic hydroxyl groups excluding tert-OH is 1. The van der Waals surface area contributed by atoms with E-state index in [0.717, 1.165) is 0 Å². The van der Waals surface area contributed by atoms with Crippen LogP contribution >= 0.6 is 0 Å². The first kappa shape index (κ1) is 13.1. The van der Waals surface area contributed by atoms with E-state index in [2.05, 4.69) is 4.98 Å². The summed E-state index contributed by atoms with van der Waals surface area (Å²) in [6.45, 7) is 1.68. The van der Waals surface area contributed by atoms with Crippen molar-refractivity contribution >= 4 is 11.8 Å². The fourth-order valence-corrected chi connectivity index (χ4v) is 1.40. The lowest BCUT2D eigenvalue weighted by molar-refractivity contribution is -0.386. The number of ether oxygens (including phenoxy) is 1. The van der Waals surface area contributed by atoms with E-state index < -0.39 is 4.92 Å². The van der Waals surface area contributed by atoms with E-state index in [1.807, 2.05) is 0 Å². The van der Waals surface area contributed by atoms with Crippen molar-refractivity contribution in [3.05, 3.63) is 33.5 Å². The smallest absolute Gasteiger partial charge is 0.334 e. The van der Waals surface area contributed by atoms with Crippen LogP contribution in [0.1, 0.15) is 17.5 Å². The number of aromatic nitrogens is 1. The highest BCUT2D eigenvalue weighted by atomic mass is 16.6. The molecule has 6 nitrogen and oxygen atoms in total. The summed E-state index contributed by atoms with van der Waals surface area (Å²) in [4.78, 5) is 14.3. The maximum atomic E-state index is 10.9. The molecule has 0 saturated heterocycles. The maximum absolute atomic E-state index is 10.9. The third-order valence-corrected chi connectivity index (χ3v) is 2.28. The lowest BCUT2D eigenvalue weighted by Gasteiger charge is -2.05. The molecular formula is C11H14N2O4. The van der Waals surface area contributed by atoms with E-state index in [0.29, 0.717) is 17.5 Å². The first-order valence-corrected chi connectivity index (χ1v) is 5.07. The topological polar surface area (TPSA) is 85.5 Å². The summed E-state index contributed by atoms with van der Waals surface area (Å²) in [7, 11) is 1.34. The summed E-state index contributed by atoms with van der Waals surface area (Å²) in [5, 5.41) is 19.5. The predicted octanol–water partition coefficient (Wildman–Crippen LogP) is 1.70. The third-order valence-electron chi connectivity index (χ3n) is 2.28. The van der Waals surface area contributed by atoms with Crippen LogP contribution in [0.4, 0.5) is 5.69 Å². The quantitative estimate of drug-likeness (QED) is 0.623. The molecule has 1 aromatic heterocycles. The Kier molecular flexibility index (Phi) is 4.59. The molecule has 0 bridgehead atoms. The highest BCUT2D eigenvalue weighted by Crippen LogP contribution is 2.30. The third kappa shape index (κ3) is 3.01. The number of methoxy groups -OCH3 is 1. The van der Waals surface area contributed by atoms with Crippen molar-refractivity contribution in [2.24, 2.45) is 0 Å². The number of hydrogen-bond acceptors (Lipinski definition) is 5. The van der Waals surface area contributed by atoms with E-state index in [1.165, 1.54) is 13.3 Å². The molecule has 0 amide bonds. The van der Waals surface area contributed by atoms with Gasteiger partial charge in [-0.15, -0.1) is 0 Å². The van der Waals surface area contributed by atoms with E-state index in [-0.39, 0.29) is 18.2 Å². The normalized spacial score (nSPS) is 10.8. The van der Waals surface area contributed by atoms with Crippen LogP contribution < -0.4 is 4.74 Å². The van der Waals surface area contributed by atoms with Crippen molar-refractivity contribution in [1.82, 2.24) is 4.98 Å². The molecular weight excluding hydrogens is 224 g/mol. The van der Waals surface area contributed by atoms with Gasteiger partial charge in [0.25, 0.3) is 5.88 Å². The van der Waals surface area contributed by atoms with Crippen LogP contribution in [0.25, 0.3) is 6.08 Å². The van der Waals surface area contributed by atoms with Gasteiger partial charge >= 0.3 is 5.69 Å². The van der Waals surface area contributed by atoms with Crippen molar-refractivity contribution < 1.29 is 14.8 Å². The first-order chi connectivity index (χ1) is 8.11. The minimum Gasteiger partial charge on any atom is -0.476 e. The number of pyridine rings is 1. The van der Waals surface area contributed by atoms with E-state index in [9.17, 15) is 10.1 Å². The van der Waals surface area contributed by atoms with Gasteiger partial charge in [0.1, 0.15) is 0 Å². The van der Waals surface area contributed by atoms with Gasteiger partial charge in [-0.3, -0.25) is 10.1 Å². The van der Waals surface area contributed by atoms with Gasteiger partial charge in [-0.25, -0.2) is 4.98 Å². The molecule has 0 aliphatic rings. The lowest BCUT2D eigenvalue weighted by Crippen LogP contribution is -2.00. The molecule has 1 aromatic rings. The lowest BCUT2D eigenvalue weighted by atomic mass is 10.1. The highest BCUT2D eigenvalue weighted by molar-refractivity contribution is 5.61. The fraction of sp³-hybridized carbons (Fsp3) is 0.364. The molecule has 92 valence electrons. The minimum atomic E-state index is -0.509. The van der Waals surface area contributed by atoms with Crippen LogP contribution in [0, 0.1) is 17.0 Å². The SMILES string of the molecule is COc1ncc(C=CCCO)c(C)c1[N+](=O)[O-]. The Morgan fingerprint density at radius 3 is 2.88 bits per heavy atom. The summed E-state index contributed by atoms with van der Waals surface area (Å²) >= 11 is 0. The van der Waals surface area contributed by atoms with Gasteiger partial charge in [0.05, 0.1) is 12.0 Å². The van der Waals surface area contributed by atoms with Crippen LogP contribution in [-0.2, 0) is 0 Å². The van der Waals surface area contributed by atoms with Crippen molar-refractivity contribution in [2.45, 2.75) is 13.3 Å². The highest BCUT2D eigenvalue weighted by Gasteiger charge is 2.21. The second-order valence-corrected chi connectivity index (χ2v) is 3.37. The maximum Gasteiger partial charge on any atom is 0.334 e. The monoisotopic (exact) mass is 238 g/mol. The zero-order chi connectivity index (χ0) is 12.8. The Morgan fingerprint density at radius 2 is 2.35 bits per heavy atom. The second kappa shape index (κ2) is 5.95. The predicted molar refractivity (Wildman–Crippen MR) is 62.9 cm³/mol. The van der Waals surface area contributed by atoms with Crippen molar-refractivity contribution in [2.75, 3.05) is 13.7 Å². The Bertz CT molecular complexity index is 443. The Labute approximate surface area is 98.7 Å². The average molecular weight is 238 g/mol. The Balaban J connectivity index is 3.18. The van der Waals surface area contributed by atoms with Gasteiger partial charge in [-0.2, -0.15) is 0 Å². The summed E-state index contributed by atoms with van der Waals surface area (Å²) in [6.07, 6.45) is 5.44. The van der Waals surface area contributed by atoms with Crippen molar-refractivity contribution in [3.63, 3.8) is 0 Å². The van der Waals surface area contributed by atoms with Crippen LogP contribution in [-0.4, -0.2) is 28.7 Å². The number of nitro groups is 1. The molecule has 6 heteroatoms. The summed E-state index contributed by atoms with van der Waals surface area (Å²) in [6, 6.07) is 0. The molecule has 0 fully saturated rings. The van der Waals surface area contributed by atoms with Crippen LogP contribution in [0.2, 0.25) is 0 Å². The van der Waals surface area contributed by atoms with Gasteiger partial charge in [0.2, 0.25) is 0 Å². The average Bonchev–Trinajstić information content (AvgIpc) is 2.30. The number of nitrogens with zero attached hydrogens (tertiary/aromatic N) is 2. The zero-order valence-corrected chi connectivity index (χ0v) is 9.71. The van der Waals surface area contributed by atoms with Gasteiger partial charge < -0.3 is 9.84 Å². The number of hydrogen-bond donors (Lipinski definition) is 1. The van der Waals surface area contributed by atoms with E-state index >= 15 is 0 Å². The summed E-state index contributed by atoms with van der Waals surface area (Å²) in [5.41, 5.74) is 1.01. The van der Waals surface area contributed by atoms with E-state index in [1.54, 1.807) is 19.1 Å². The molecule has 0 aromatic carbocycles. The van der Waals surface area contributed by atoms with Gasteiger partial charge in [0, 0.05) is 23.9 Å². The van der Waals surface area contributed by atoms with Crippen LogP contribution in [0.15, 0.2) is 12.3 Å². The van der Waals surface area contributed by atoms with Crippen molar-refractivity contribution in [1.29, 1.82) is 0 Å². The van der Waals surface area contributed by atoms with E-state index in [4.69, 9.17) is 9.84 Å². The largest absolute Gasteiger partial charge is 0.476 e. The molecule has 0 saturated carbocycles. The Hall–Kier alpha value is -1.95. The number of rotatable bonds is 5. The molecule has 17 heavy (non-hydrogen) atoms. The van der Waals surface area contributed by atoms with Gasteiger partial charge in [-0.1, -0.05) is 12.2 Å². The Morgan fingerprint density at radius 1 is 1.65 bits per heavy atom.